The molecule has 0 radical (unpaired) electrons. The zero-order valence-corrected chi connectivity index (χ0v) is 16.7. The van der Waals surface area contributed by atoms with E-state index in [0.29, 0.717) is 5.76 Å². The van der Waals surface area contributed by atoms with Crippen molar-refractivity contribution in [2.75, 3.05) is 45.9 Å². The van der Waals surface area contributed by atoms with Crippen molar-refractivity contribution in [3.05, 3.63) is 35.6 Å². The number of ether oxygens (including phenoxy) is 1. The molecule has 0 spiro atoms. The van der Waals surface area contributed by atoms with Crippen molar-refractivity contribution in [3.8, 4) is 0 Å². The van der Waals surface area contributed by atoms with Gasteiger partial charge in [-0.1, -0.05) is 37.8 Å². The molecule has 1 amide bonds. The second-order valence-electron chi connectivity index (χ2n) is 7.46. The smallest absolute Gasteiger partial charge is 0.289 e. The molecule has 0 N–H and O–H groups in total. The van der Waals surface area contributed by atoms with Gasteiger partial charge in [-0.05, 0) is 31.5 Å². The average molecular weight is 373 g/mol. The number of unbranched alkanes of at least 4 members (excludes halogenated alkanes) is 3. The molecule has 1 aromatic heterocycles. The standard InChI is InChI=1S/C22H32N2O3/c1-3-4-5-6-9-24(11-10-23-12-14-26-15-13-23)22(25)21-17-19-16-18(2)7-8-20(19)27-21/h7-8,16-17H,3-6,9-15H2,1-2H3. The van der Waals surface area contributed by atoms with Gasteiger partial charge in [-0.25, -0.2) is 0 Å². The summed E-state index contributed by atoms with van der Waals surface area (Å²) in [7, 11) is 0. The van der Waals surface area contributed by atoms with Gasteiger partial charge in [0.15, 0.2) is 5.76 Å². The topological polar surface area (TPSA) is 45.9 Å². The van der Waals surface area contributed by atoms with Crippen LogP contribution in [0.4, 0.5) is 0 Å². The van der Waals surface area contributed by atoms with Gasteiger partial charge in [0.25, 0.3) is 5.91 Å². The van der Waals surface area contributed by atoms with E-state index in [1.54, 1.807) is 0 Å². The van der Waals surface area contributed by atoms with Crippen LogP contribution in [0, 0.1) is 6.92 Å². The molecular weight excluding hydrogens is 340 g/mol. The lowest BCUT2D eigenvalue weighted by molar-refractivity contribution is 0.0320. The first-order chi connectivity index (χ1) is 13.2. The van der Waals surface area contributed by atoms with Crippen LogP contribution in [-0.4, -0.2) is 61.6 Å². The van der Waals surface area contributed by atoms with Gasteiger partial charge >= 0.3 is 0 Å². The molecule has 1 aliphatic heterocycles. The number of carbonyl (C=O) groups is 1. The molecule has 2 heterocycles. The zero-order valence-electron chi connectivity index (χ0n) is 16.7. The van der Waals surface area contributed by atoms with Crippen molar-refractivity contribution in [2.45, 2.75) is 39.5 Å². The fourth-order valence-corrected chi connectivity index (χ4v) is 3.56. The van der Waals surface area contributed by atoms with E-state index in [9.17, 15) is 4.79 Å². The van der Waals surface area contributed by atoms with Crippen molar-refractivity contribution >= 4 is 16.9 Å². The van der Waals surface area contributed by atoms with E-state index in [2.05, 4.69) is 24.8 Å². The summed E-state index contributed by atoms with van der Waals surface area (Å²) in [6, 6.07) is 7.91. The van der Waals surface area contributed by atoms with Crippen LogP contribution in [0.2, 0.25) is 0 Å². The van der Waals surface area contributed by atoms with Crippen LogP contribution >= 0.6 is 0 Å². The summed E-state index contributed by atoms with van der Waals surface area (Å²) in [5, 5.41) is 0.998. The third-order valence-electron chi connectivity index (χ3n) is 5.24. The zero-order chi connectivity index (χ0) is 19.1. The average Bonchev–Trinajstić information content (AvgIpc) is 3.11. The van der Waals surface area contributed by atoms with E-state index in [-0.39, 0.29) is 5.91 Å². The Morgan fingerprint density at radius 2 is 1.93 bits per heavy atom. The van der Waals surface area contributed by atoms with Gasteiger partial charge in [0.1, 0.15) is 5.58 Å². The number of nitrogens with zero attached hydrogens (tertiary/aromatic N) is 2. The van der Waals surface area contributed by atoms with Gasteiger partial charge in [-0.2, -0.15) is 0 Å². The summed E-state index contributed by atoms with van der Waals surface area (Å²) in [4.78, 5) is 17.5. The molecule has 3 rings (SSSR count). The molecule has 1 saturated heterocycles. The quantitative estimate of drug-likeness (QED) is 0.622. The van der Waals surface area contributed by atoms with Crippen molar-refractivity contribution in [1.82, 2.24) is 9.80 Å². The number of morpholine rings is 1. The highest BCUT2D eigenvalue weighted by atomic mass is 16.5. The van der Waals surface area contributed by atoms with E-state index in [4.69, 9.17) is 9.15 Å². The Kier molecular flexibility index (Phi) is 7.30. The molecule has 1 aromatic carbocycles. The number of fused-ring (bicyclic) bond motifs is 1. The first-order valence-electron chi connectivity index (χ1n) is 10.3. The number of rotatable bonds is 9. The Morgan fingerprint density at radius 3 is 2.70 bits per heavy atom. The molecule has 2 aromatic rings. The van der Waals surface area contributed by atoms with E-state index >= 15 is 0 Å². The number of amides is 1. The Hall–Kier alpha value is -1.85. The SMILES string of the molecule is CCCCCCN(CCN1CCOCC1)C(=O)c1cc2cc(C)ccc2o1. The summed E-state index contributed by atoms with van der Waals surface area (Å²) < 4.78 is 11.3. The lowest BCUT2D eigenvalue weighted by Gasteiger charge is -2.29. The van der Waals surface area contributed by atoms with Crippen molar-refractivity contribution in [3.63, 3.8) is 0 Å². The molecular formula is C22H32N2O3. The fraction of sp³-hybridized carbons (Fsp3) is 0.591. The maximum atomic E-state index is 13.1. The molecule has 5 heteroatoms. The fourth-order valence-electron chi connectivity index (χ4n) is 3.56. The summed E-state index contributed by atoms with van der Waals surface area (Å²) >= 11 is 0. The summed E-state index contributed by atoms with van der Waals surface area (Å²) in [6.45, 7) is 10.1. The second-order valence-corrected chi connectivity index (χ2v) is 7.46. The van der Waals surface area contributed by atoms with Gasteiger partial charge in [0, 0.05) is 38.1 Å². The first kappa shape index (κ1) is 19.9. The lowest BCUT2D eigenvalue weighted by atomic mass is 10.2. The molecule has 0 bridgehead atoms. The Bertz CT molecular complexity index is 734. The van der Waals surface area contributed by atoms with Crippen LogP contribution < -0.4 is 0 Å². The minimum absolute atomic E-state index is 0.00797. The number of aryl methyl sites for hydroxylation is 1. The van der Waals surface area contributed by atoms with Crippen LogP contribution in [-0.2, 0) is 4.74 Å². The van der Waals surface area contributed by atoms with Crippen LogP contribution in [0.25, 0.3) is 11.0 Å². The predicted molar refractivity (Wildman–Crippen MR) is 108 cm³/mol. The molecule has 0 atom stereocenters. The third-order valence-corrected chi connectivity index (χ3v) is 5.24. The summed E-state index contributed by atoms with van der Waals surface area (Å²) in [5.74, 6) is 0.460. The van der Waals surface area contributed by atoms with Crippen molar-refractivity contribution in [1.29, 1.82) is 0 Å². The van der Waals surface area contributed by atoms with Crippen molar-refractivity contribution in [2.24, 2.45) is 0 Å². The second kappa shape index (κ2) is 9.90. The number of carbonyl (C=O) groups excluding carboxylic acids is 1. The molecule has 27 heavy (non-hydrogen) atoms. The largest absolute Gasteiger partial charge is 0.451 e. The molecule has 0 unspecified atom stereocenters. The van der Waals surface area contributed by atoms with Crippen molar-refractivity contribution < 1.29 is 13.9 Å². The van der Waals surface area contributed by atoms with E-state index in [1.807, 2.05) is 23.1 Å². The van der Waals surface area contributed by atoms with E-state index in [1.165, 1.54) is 18.4 Å². The number of hydrogen-bond donors (Lipinski definition) is 0. The van der Waals surface area contributed by atoms with Gasteiger partial charge in [0.05, 0.1) is 13.2 Å². The highest BCUT2D eigenvalue weighted by Crippen LogP contribution is 2.22. The first-order valence-corrected chi connectivity index (χ1v) is 10.3. The molecule has 1 fully saturated rings. The maximum absolute atomic E-state index is 13.1. The van der Waals surface area contributed by atoms with Gasteiger partial charge < -0.3 is 14.1 Å². The Morgan fingerprint density at radius 1 is 1.11 bits per heavy atom. The van der Waals surface area contributed by atoms with Crippen LogP contribution in [0.1, 0.15) is 48.7 Å². The third kappa shape index (κ3) is 5.56. The monoisotopic (exact) mass is 372 g/mol. The maximum Gasteiger partial charge on any atom is 0.289 e. The van der Waals surface area contributed by atoms with E-state index < -0.39 is 0 Å². The Balaban J connectivity index is 1.67. The van der Waals surface area contributed by atoms with Gasteiger partial charge in [0.2, 0.25) is 0 Å². The van der Waals surface area contributed by atoms with Crippen LogP contribution in [0.5, 0.6) is 0 Å². The van der Waals surface area contributed by atoms with Gasteiger partial charge in [-0.3, -0.25) is 9.69 Å². The lowest BCUT2D eigenvalue weighted by Crippen LogP contribution is -2.43. The number of furan rings is 1. The predicted octanol–water partition coefficient (Wildman–Crippen LogP) is 4.10. The summed E-state index contributed by atoms with van der Waals surface area (Å²) in [6.07, 6.45) is 4.62. The number of benzene rings is 1. The number of hydrogen-bond acceptors (Lipinski definition) is 4. The van der Waals surface area contributed by atoms with Gasteiger partial charge in [-0.15, -0.1) is 0 Å². The molecule has 5 nitrogen and oxygen atoms in total. The van der Waals surface area contributed by atoms with Crippen LogP contribution in [0.15, 0.2) is 28.7 Å². The molecule has 0 saturated carbocycles. The van der Waals surface area contributed by atoms with E-state index in [0.717, 1.165) is 69.7 Å². The van der Waals surface area contributed by atoms with Crippen LogP contribution in [0.3, 0.4) is 0 Å². The normalized spacial score (nSPS) is 15.3. The Labute approximate surface area is 162 Å². The molecule has 148 valence electrons. The highest BCUT2D eigenvalue weighted by molar-refractivity contribution is 5.96. The minimum atomic E-state index is 0.00797. The minimum Gasteiger partial charge on any atom is -0.451 e. The summed E-state index contributed by atoms with van der Waals surface area (Å²) in [5.41, 5.74) is 1.95. The highest BCUT2D eigenvalue weighted by Gasteiger charge is 2.21. The molecule has 0 aliphatic carbocycles. The molecule has 1 aliphatic rings.